The lowest BCUT2D eigenvalue weighted by molar-refractivity contribution is 0.0594. The van der Waals surface area contributed by atoms with Crippen molar-refractivity contribution in [3.8, 4) is 0 Å². The fraction of sp³-hybridized carbons (Fsp3) is 0.600. The van der Waals surface area contributed by atoms with Crippen LogP contribution in [0.1, 0.15) is 36.2 Å². The Balaban J connectivity index is 1.70. The van der Waals surface area contributed by atoms with Crippen molar-refractivity contribution in [1.29, 1.82) is 0 Å². The molecule has 0 spiro atoms. The number of nitrogens with one attached hydrogen (secondary N) is 1. The molecule has 6 heteroatoms. The highest BCUT2D eigenvalue weighted by Crippen LogP contribution is 2.29. The first-order valence-electron chi connectivity index (χ1n) is 7.53. The Kier molecular flexibility index (Phi) is 3.96. The monoisotopic (exact) mass is 290 g/mol. The number of carbonyl (C=O) groups is 1. The van der Waals surface area contributed by atoms with E-state index in [1.165, 1.54) is 26.5 Å². The molecule has 6 nitrogen and oxygen atoms in total. The van der Waals surface area contributed by atoms with E-state index >= 15 is 0 Å². The van der Waals surface area contributed by atoms with Crippen LogP contribution in [0.4, 0.5) is 11.5 Å². The zero-order chi connectivity index (χ0) is 14.8. The number of pyridine rings is 1. The molecule has 2 aliphatic rings. The molecule has 2 unspecified atom stereocenters. The quantitative estimate of drug-likeness (QED) is 0.821. The van der Waals surface area contributed by atoms with Gasteiger partial charge in [-0.15, -0.1) is 0 Å². The first kappa shape index (κ1) is 14.1. The summed E-state index contributed by atoms with van der Waals surface area (Å²) in [5.74, 6) is 0.151. The van der Waals surface area contributed by atoms with E-state index < -0.39 is 5.97 Å². The molecule has 2 atom stereocenters. The largest absolute Gasteiger partial charge is 0.464 e. The van der Waals surface area contributed by atoms with Crippen LogP contribution in [0.25, 0.3) is 0 Å². The third-order valence-corrected chi connectivity index (χ3v) is 4.48. The minimum absolute atomic E-state index is 0.285. The molecular formula is C15H22N4O2. The Hall–Kier alpha value is -1.82. The van der Waals surface area contributed by atoms with Crippen molar-refractivity contribution in [2.75, 3.05) is 31.2 Å². The van der Waals surface area contributed by atoms with Gasteiger partial charge in [-0.05, 0) is 44.4 Å². The third kappa shape index (κ3) is 2.95. The van der Waals surface area contributed by atoms with E-state index in [0.29, 0.717) is 23.6 Å². The van der Waals surface area contributed by atoms with Crippen molar-refractivity contribution in [2.45, 2.75) is 37.8 Å². The standard InChI is InChI=1S/C15H22N4O2/c1-21-15(20)13-5-4-12(16)14(18-13)17-10-6-8-19-7-2-3-11(19)9-10/h4-5,10-11H,2-3,6-9,16H2,1H3,(H,17,18). The topological polar surface area (TPSA) is 80.5 Å². The first-order chi connectivity index (χ1) is 10.2. The van der Waals surface area contributed by atoms with E-state index in [1.54, 1.807) is 12.1 Å². The number of nitrogens with zero attached hydrogens (tertiary/aromatic N) is 2. The number of esters is 1. The number of carbonyl (C=O) groups excluding carboxylic acids is 1. The van der Waals surface area contributed by atoms with Gasteiger partial charge in [0.05, 0.1) is 12.8 Å². The van der Waals surface area contributed by atoms with Gasteiger partial charge in [0.25, 0.3) is 0 Å². The molecule has 1 aromatic heterocycles. The predicted octanol–water partition coefficient (Wildman–Crippen LogP) is 1.49. The molecule has 0 bridgehead atoms. The maximum Gasteiger partial charge on any atom is 0.356 e. The second kappa shape index (κ2) is 5.89. The number of aromatic nitrogens is 1. The smallest absolute Gasteiger partial charge is 0.356 e. The van der Waals surface area contributed by atoms with Crippen LogP contribution in [-0.2, 0) is 4.74 Å². The Labute approximate surface area is 124 Å². The summed E-state index contributed by atoms with van der Waals surface area (Å²) in [7, 11) is 1.35. The molecule has 0 aromatic carbocycles. The van der Waals surface area contributed by atoms with Crippen LogP contribution in [-0.4, -0.2) is 48.1 Å². The molecule has 2 aliphatic heterocycles. The van der Waals surface area contributed by atoms with Crippen LogP contribution in [0.2, 0.25) is 0 Å². The molecule has 2 fully saturated rings. The molecule has 1 aromatic rings. The Morgan fingerprint density at radius 1 is 1.43 bits per heavy atom. The van der Waals surface area contributed by atoms with Crippen molar-refractivity contribution in [3.05, 3.63) is 17.8 Å². The highest BCUT2D eigenvalue weighted by molar-refractivity contribution is 5.88. The van der Waals surface area contributed by atoms with Gasteiger partial charge in [0.2, 0.25) is 0 Å². The summed E-state index contributed by atoms with van der Waals surface area (Å²) in [6.07, 6.45) is 4.78. The Morgan fingerprint density at radius 3 is 3.10 bits per heavy atom. The van der Waals surface area contributed by atoms with Crippen LogP contribution >= 0.6 is 0 Å². The van der Waals surface area contributed by atoms with Crippen LogP contribution < -0.4 is 11.1 Å². The zero-order valence-corrected chi connectivity index (χ0v) is 12.3. The molecule has 21 heavy (non-hydrogen) atoms. The van der Waals surface area contributed by atoms with Gasteiger partial charge < -0.3 is 20.7 Å². The molecule has 0 radical (unpaired) electrons. The fourth-order valence-electron chi connectivity index (χ4n) is 3.35. The van der Waals surface area contributed by atoms with Crippen molar-refractivity contribution in [1.82, 2.24) is 9.88 Å². The second-order valence-electron chi connectivity index (χ2n) is 5.82. The number of hydrogen-bond donors (Lipinski definition) is 2. The van der Waals surface area contributed by atoms with Crippen molar-refractivity contribution in [2.24, 2.45) is 0 Å². The number of nitrogen functional groups attached to an aromatic ring is 1. The summed E-state index contributed by atoms with van der Waals surface area (Å²) >= 11 is 0. The number of piperidine rings is 1. The van der Waals surface area contributed by atoms with Crippen LogP contribution in [0.15, 0.2) is 12.1 Å². The molecule has 3 heterocycles. The predicted molar refractivity (Wildman–Crippen MR) is 81.2 cm³/mol. The lowest BCUT2D eigenvalue weighted by atomic mass is 9.97. The SMILES string of the molecule is COC(=O)c1ccc(N)c(NC2CCN3CCCC3C2)n1. The first-order valence-corrected chi connectivity index (χ1v) is 7.53. The van der Waals surface area contributed by atoms with Crippen molar-refractivity contribution < 1.29 is 9.53 Å². The maximum atomic E-state index is 11.6. The van der Waals surface area contributed by atoms with Crippen LogP contribution in [0.3, 0.4) is 0 Å². The molecule has 114 valence electrons. The molecule has 3 rings (SSSR count). The second-order valence-corrected chi connectivity index (χ2v) is 5.82. The van der Waals surface area contributed by atoms with Gasteiger partial charge in [-0.1, -0.05) is 0 Å². The van der Waals surface area contributed by atoms with Gasteiger partial charge in [0, 0.05) is 18.6 Å². The normalized spacial score (nSPS) is 25.4. The number of rotatable bonds is 3. The molecule has 0 amide bonds. The number of anilines is 2. The van der Waals surface area contributed by atoms with Crippen molar-refractivity contribution >= 4 is 17.5 Å². The van der Waals surface area contributed by atoms with Gasteiger partial charge in [0.15, 0.2) is 5.69 Å². The van der Waals surface area contributed by atoms with E-state index in [9.17, 15) is 4.79 Å². The maximum absolute atomic E-state index is 11.6. The van der Waals surface area contributed by atoms with E-state index in [0.717, 1.165) is 19.4 Å². The Morgan fingerprint density at radius 2 is 2.29 bits per heavy atom. The average molecular weight is 290 g/mol. The summed E-state index contributed by atoms with van der Waals surface area (Å²) < 4.78 is 4.70. The van der Waals surface area contributed by atoms with Crippen LogP contribution in [0, 0.1) is 0 Å². The zero-order valence-electron chi connectivity index (χ0n) is 12.3. The third-order valence-electron chi connectivity index (χ3n) is 4.48. The van der Waals surface area contributed by atoms with E-state index in [2.05, 4.69) is 15.2 Å². The van der Waals surface area contributed by atoms with Gasteiger partial charge >= 0.3 is 5.97 Å². The summed E-state index contributed by atoms with van der Waals surface area (Å²) in [5.41, 5.74) is 6.82. The Bertz CT molecular complexity index is 534. The highest BCUT2D eigenvalue weighted by atomic mass is 16.5. The molecule has 3 N–H and O–H groups in total. The van der Waals surface area contributed by atoms with Gasteiger partial charge in [0.1, 0.15) is 5.82 Å². The minimum atomic E-state index is -0.441. The lowest BCUT2D eigenvalue weighted by Gasteiger charge is -2.35. The number of ether oxygens (including phenoxy) is 1. The van der Waals surface area contributed by atoms with Gasteiger partial charge in [-0.2, -0.15) is 0 Å². The molecular weight excluding hydrogens is 268 g/mol. The summed E-state index contributed by atoms with van der Waals surface area (Å²) in [4.78, 5) is 18.4. The van der Waals surface area contributed by atoms with E-state index in [4.69, 9.17) is 10.5 Å². The van der Waals surface area contributed by atoms with Gasteiger partial charge in [-0.3, -0.25) is 0 Å². The van der Waals surface area contributed by atoms with E-state index in [1.807, 2.05) is 0 Å². The summed E-state index contributed by atoms with van der Waals surface area (Å²) in [6, 6.07) is 4.34. The highest BCUT2D eigenvalue weighted by Gasteiger charge is 2.31. The number of nitrogens with two attached hydrogens (primary N) is 1. The molecule has 0 saturated carbocycles. The van der Waals surface area contributed by atoms with Crippen LogP contribution in [0.5, 0.6) is 0 Å². The summed E-state index contributed by atoms with van der Waals surface area (Å²) in [6.45, 7) is 2.36. The average Bonchev–Trinajstić information content (AvgIpc) is 2.96. The summed E-state index contributed by atoms with van der Waals surface area (Å²) in [5, 5.41) is 3.41. The number of methoxy groups -OCH3 is 1. The van der Waals surface area contributed by atoms with E-state index in [-0.39, 0.29) is 5.69 Å². The van der Waals surface area contributed by atoms with Crippen molar-refractivity contribution in [3.63, 3.8) is 0 Å². The minimum Gasteiger partial charge on any atom is -0.464 e. The number of hydrogen-bond acceptors (Lipinski definition) is 6. The molecule has 2 saturated heterocycles. The molecule has 0 aliphatic carbocycles. The fourth-order valence-corrected chi connectivity index (χ4v) is 3.35. The lowest BCUT2D eigenvalue weighted by Crippen LogP contribution is -2.43. The number of fused-ring (bicyclic) bond motifs is 1. The van der Waals surface area contributed by atoms with Gasteiger partial charge in [-0.25, -0.2) is 9.78 Å².